The molecule has 0 fully saturated rings. The van der Waals surface area contributed by atoms with Gasteiger partial charge in [0.2, 0.25) is 0 Å². The molecule has 3 rings (SSSR count). The van der Waals surface area contributed by atoms with Crippen molar-refractivity contribution in [3.05, 3.63) is 82.9 Å². The van der Waals surface area contributed by atoms with Gasteiger partial charge in [-0.3, -0.25) is 4.79 Å². The molecule has 0 bridgehead atoms. The normalized spacial score (nSPS) is 15.5. The Balaban J connectivity index is 1.39. The number of allylic oxidation sites excluding steroid dienone is 2. The molecular weight excluding hydrogens is 502 g/mol. The first kappa shape index (κ1) is 30.9. The van der Waals surface area contributed by atoms with Crippen molar-refractivity contribution in [2.75, 3.05) is 11.9 Å². The second-order valence-corrected chi connectivity index (χ2v) is 14.5. The highest BCUT2D eigenvalue weighted by Crippen LogP contribution is 2.25. The largest absolute Gasteiger partial charge is 0.466 e. The highest BCUT2D eigenvalue weighted by atomic mass is 28.4. The fraction of sp³-hybridized carbons (Fsp3) is 0.485. The monoisotopic (exact) mass is 549 g/mol. The Labute approximate surface area is 236 Å². The summed E-state index contributed by atoms with van der Waals surface area (Å²) in [4.78, 5) is 12.3. The summed E-state index contributed by atoms with van der Waals surface area (Å²) in [6, 6.07) is 16.1. The van der Waals surface area contributed by atoms with Gasteiger partial charge in [-0.1, -0.05) is 48.6 Å². The van der Waals surface area contributed by atoms with E-state index < -0.39 is 8.56 Å². The summed E-state index contributed by atoms with van der Waals surface area (Å²) in [6.07, 6.45) is 9.74. The van der Waals surface area contributed by atoms with Gasteiger partial charge in [-0.15, -0.1) is 0 Å². The number of esters is 1. The van der Waals surface area contributed by atoms with E-state index in [0.717, 1.165) is 30.1 Å². The van der Waals surface area contributed by atoms with Crippen LogP contribution in [0.15, 0.2) is 60.7 Å². The molecule has 212 valence electrons. The average molecular weight is 550 g/mol. The summed E-state index contributed by atoms with van der Waals surface area (Å²) in [5.41, 5.74) is 7.35. The van der Waals surface area contributed by atoms with E-state index in [-0.39, 0.29) is 18.2 Å². The summed E-state index contributed by atoms with van der Waals surface area (Å²) < 4.78 is 17.7. The summed E-state index contributed by atoms with van der Waals surface area (Å²) in [5, 5.41) is 3.61. The molecule has 0 saturated heterocycles. The number of hydrogen-bond acceptors (Lipinski definition) is 5. The molecule has 1 atom stereocenters. The van der Waals surface area contributed by atoms with Crippen molar-refractivity contribution in [1.82, 2.24) is 0 Å². The second kappa shape index (κ2) is 14.6. The molecule has 0 saturated carbocycles. The molecule has 2 aromatic rings. The maximum absolute atomic E-state index is 12.3. The highest BCUT2D eigenvalue weighted by molar-refractivity contribution is 6.66. The van der Waals surface area contributed by atoms with Crippen molar-refractivity contribution in [3.63, 3.8) is 0 Å². The Bertz CT molecular complexity index is 1130. The SMILES string of the molecule is Cc1ccc(NC2C=CC(c3ccc(CCC(=O)OCCC[Si](C)(OC(C)C)OC(C)C)cc3)=CC2)cc1C. The lowest BCUT2D eigenvalue weighted by Gasteiger charge is -2.31. The first-order chi connectivity index (χ1) is 18.5. The van der Waals surface area contributed by atoms with E-state index in [1.807, 2.05) is 27.7 Å². The van der Waals surface area contributed by atoms with E-state index in [0.29, 0.717) is 25.5 Å². The van der Waals surface area contributed by atoms with Crippen LogP contribution in [0, 0.1) is 13.8 Å². The van der Waals surface area contributed by atoms with Gasteiger partial charge in [-0.2, -0.15) is 0 Å². The molecule has 1 unspecified atom stereocenters. The third-order valence-electron chi connectivity index (χ3n) is 6.87. The van der Waals surface area contributed by atoms with Crippen molar-refractivity contribution >= 4 is 25.8 Å². The molecule has 5 nitrogen and oxygen atoms in total. The third-order valence-corrected chi connectivity index (χ3v) is 10.1. The van der Waals surface area contributed by atoms with Crippen molar-refractivity contribution in [2.24, 2.45) is 0 Å². The number of carbonyl (C=O) groups excluding carboxylic acids is 1. The summed E-state index contributed by atoms with van der Waals surface area (Å²) in [7, 11) is -2.27. The Morgan fingerprint density at radius 2 is 1.69 bits per heavy atom. The smallest absolute Gasteiger partial charge is 0.335 e. The van der Waals surface area contributed by atoms with Crippen LogP contribution in [0.3, 0.4) is 0 Å². The maximum atomic E-state index is 12.3. The predicted molar refractivity (Wildman–Crippen MR) is 164 cm³/mol. The number of aryl methyl sites for hydroxylation is 3. The van der Waals surface area contributed by atoms with Crippen molar-refractivity contribution in [2.45, 2.75) is 98.1 Å². The zero-order valence-electron chi connectivity index (χ0n) is 24.9. The van der Waals surface area contributed by atoms with Crippen LogP contribution in [0.5, 0.6) is 0 Å². The minimum absolute atomic E-state index is 0.127. The van der Waals surface area contributed by atoms with Gasteiger partial charge < -0.3 is 18.9 Å². The molecule has 0 aromatic heterocycles. The van der Waals surface area contributed by atoms with Crippen molar-refractivity contribution < 1.29 is 18.4 Å². The van der Waals surface area contributed by atoms with Crippen LogP contribution in [0.1, 0.15) is 69.2 Å². The maximum Gasteiger partial charge on any atom is 0.335 e. The number of ether oxygens (including phenoxy) is 1. The van der Waals surface area contributed by atoms with Crippen LogP contribution >= 0.6 is 0 Å². The molecule has 0 spiro atoms. The standard InChI is InChI=1S/C33H47NO4Si/c1-24(2)37-39(7,38-25(3)4)22-8-21-36-33(35)20-12-28-10-13-29(14-11-28)30-15-18-31(19-16-30)34-32-17-9-26(5)27(6)23-32/h9-11,13-18,23-25,31,34H,8,12,19-22H2,1-7H3. The second-order valence-electron chi connectivity index (χ2n) is 11.3. The number of benzene rings is 2. The Hall–Kier alpha value is -2.67. The molecule has 0 aliphatic heterocycles. The number of carbonyl (C=O) groups is 1. The lowest BCUT2D eigenvalue weighted by Crippen LogP contribution is -2.43. The molecule has 0 amide bonds. The van der Waals surface area contributed by atoms with E-state index in [2.05, 4.69) is 86.4 Å². The predicted octanol–water partition coefficient (Wildman–Crippen LogP) is 7.92. The molecule has 0 heterocycles. The number of nitrogens with one attached hydrogen (secondary N) is 1. The van der Waals surface area contributed by atoms with Crippen LogP contribution in [-0.4, -0.2) is 39.4 Å². The van der Waals surface area contributed by atoms with Crippen LogP contribution in [0.4, 0.5) is 5.69 Å². The van der Waals surface area contributed by atoms with Gasteiger partial charge in [0, 0.05) is 30.4 Å². The van der Waals surface area contributed by atoms with E-state index in [1.165, 1.54) is 22.3 Å². The number of hydrogen-bond donors (Lipinski definition) is 1. The summed E-state index contributed by atoms with van der Waals surface area (Å²) >= 11 is 0. The lowest BCUT2D eigenvalue weighted by atomic mass is 9.95. The zero-order valence-corrected chi connectivity index (χ0v) is 25.9. The van der Waals surface area contributed by atoms with Gasteiger partial charge in [-0.05, 0) is 113 Å². The molecule has 2 aromatic carbocycles. The van der Waals surface area contributed by atoms with Crippen molar-refractivity contribution in [3.8, 4) is 0 Å². The van der Waals surface area contributed by atoms with E-state index in [4.69, 9.17) is 13.6 Å². The van der Waals surface area contributed by atoms with Gasteiger partial charge in [0.05, 0.1) is 6.61 Å². The topological polar surface area (TPSA) is 56.8 Å². The van der Waals surface area contributed by atoms with Gasteiger partial charge in [0.25, 0.3) is 0 Å². The van der Waals surface area contributed by atoms with Crippen LogP contribution < -0.4 is 5.32 Å². The number of rotatable bonds is 14. The Kier molecular flexibility index (Phi) is 11.6. The highest BCUT2D eigenvalue weighted by Gasteiger charge is 2.33. The fourth-order valence-corrected chi connectivity index (χ4v) is 7.96. The van der Waals surface area contributed by atoms with Gasteiger partial charge in [0.15, 0.2) is 0 Å². The van der Waals surface area contributed by atoms with Gasteiger partial charge in [0.1, 0.15) is 0 Å². The van der Waals surface area contributed by atoms with Gasteiger partial charge >= 0.3 is 14.5 Å². The van der Waals surface area contributed by atoms with Crippen molar-refractivity contribution in [1.29, 1.82) is 0 Å². The van der Waals surface area contributed by atoms with Crippen LogP contribution in [-0.2, 0) is 24.8 Å². The van der Waals surface area contributed by atoms with E-state index in [1.54, 1.807) is 0 Å². The van der Waals surface area contributed by atoms with Gasteiger partial charge in [-0.25, -0.2) is 0 Å². The molecule has 39 heavy (non-hydrogen) atoms. The quantitative estimate of drug-likeness (QED) is 0.147. The van der Waals surface area contributed by atoms with Crippen LogP contribution in [0.2, 0.25) is 12.6 Å². The summed E-state index contributed by atoms with van der Waals surface area (Å²) in [5.74, 6) is -0.155. The van der Waals surface area contributed by atoms with Crippen LogP contribution in [0.25, 0.3) is 5.57 Å². The lowest BCUT2D eigenvalue weighted by molar-refractivity contribution is -0.143. The number of anilines is 1. The molecule has 1 aliphatic carbocycles. The average Bonchev–Trinajstić information content (AvgIpc) is 2.87. The molecule has 0 radical (unpaired) electrons. The minimum Gasteiger partial charge on any atom is -0.466 e. The fourth-order valence-electron chi connectivity index (χ4n) is 4.89. The first-order valence-corrected chi connectivity index (χ1v) is 16.9. The Morgan fingerprint density at radius 1 is 1.00 bits per heavy atom. The van der Waals surface area contributed by atoms with E-state index >= 15 is 0 Å². The molecular formula is C33H47NO4Si. The third kappa shape index (κ3) is 10.4. The molecule has 1 aliphatic rings. The minimum atomic E-state index is -2.27. The first-order valence-electron chi connectivity index (χ1n) is 14.4. The zero-order chi connectivity index (χ0) is 28.4. The summed E-state index contributed by atoms with van der Waals surface area (Å²) in [6.45, 7) is 14.9. The molecule has 1 N–H and O–H groups in total. The molecule has 6 heteroatoms. The van der Waals surface area contributed by atoms with E-state index in [9.17, 15) is 4.79 Å². The Morgan fingerprint density at radius 3 is 2.28 bits per heavy atom.